The maximum Gasteiger partial charge on any atom is 0.431 e. The van der Waals surface area contributed by atoms with Gasteiger partial charge in [-0.15, -0.1) is 11.8 Å². The average Bonchev–Trinajstić information content (AvgIpc) is 3.39. The van der Waals surface area contributed by atoms with E-state index >= 15 is 0 Å². The van der Waals surface area contributed by atoms with Crippen LogP contribution in [0.4, 0.5) is 24.7 Å². The molecule has 1 saturated heterocycles. The van der Waals surface area contributed by atoms with E-state index in [2.05, 4.69) is 20.4 Å². The second-order valence-corrected chi connectivity index (χ2v) is 10.6. The molecule has 13 heteroatoms. The van der Waals surface area contributed by atoms with Crippen LogP contribution in [0.25, 0.3) is 10.9 Å². The zero-order chi connectivity index (χ0) is 25.6. The van der Waals surface area contributed by atoms with E-state index in [0.717, 1.165) is 0 Å². The van der Waals surface area contributed by atoms with Gasteiger partial charge in [-0.1, -0.05) is 23.2 Å². The predicted molar refractivity (Wildman–Crippen MR) is 136 cm³/mol. The van der Waals surface area contributed by atoms with Gasteiger partial charge in [0, 0.05) is 35.4 Å². The van der Waals surface area contributed by atoms with Crippen LogP contribution in [0.5, 0.6) is 11.5 Å². The third kappa shape index (κ3) is 4.83. The van der Waals surface area contributed by atoms with Crippen LogP contribution in [-0.4, -0.2) is 58.3 Å². The number of hydrogen-bond donors (Lipinski definition) is 1. The highest BCUT2D eigenvalue weighted by Crippen LogP contribution is 2.47. The molecule has 190 valence electrons. The number of nitrogens with one attached hydrogen (secondary N) is 1. The van der Waals surface area contributed by atoms with Crippen LogP contribution in [-0.2, 0) is 0 Å². The lowest BCUT2D eigenvalue weighted by Crippen LogP contribution is -2.31. The number of aromatic nitrogens is 2. The fraction of sp³-hybridized carbons (Fsp3) is 0.348. The van der Waals surface area contributed by atoms with Crippen LogP contribution in [0.2, 0.25) is 10.0 Å². The van der Waals surface area contributed by atoms with Crippen molar-refractivity contribution in [2.45, 2.75) is 23.2 Å². The second kappa shape index (κ2) is 9.68. The van der Waals surface area contributed by atoms with Gasteiger partial charge in [0.15, 0.2) is 11.5 Å². The molecule has 0 radical (unpaired) electrons. The monoisotopic (exact) mass is 557 g/mol. The standard InChI is InChI=1S/C23H20Cl2F3N5O2S/c1-33-22-14(20(32-33)23(26,27)28)6-12(36-22)9-35-19-8-17-13(7-18(19)34-2)21(30-10-29-17)31-11-3-4-15(24)16(25)5-11/h3-5,7-8,10,12,14,22H,6,9H2,1-2H3,(H,29,30,31). The molecule has 2 aromatic carbocycles. The molecule has 1 N–H and O–H groups in total. The van der Waals surface area contributed by atoms with Gasteiger partial charge in [0.05, 0.1) is 22.7 Å². The minimum absolute atomic E-state index is 0.131. The molecule has 0 spiro atoms. The van der Waals surface area contributed by atoms with E-state index in [1.54, 1.807) is 37.4 Å². The lowest BCUT2D eigenvalue weighted by Gasteiger charge is -2.18. The Morgan fingerprint density at radius 2 is 1.94 bits per heavy atom. The third-order valence-electron chi connectivity index (χ3n) is 6.00. The smallest absolute Gasteiger partial charge is 0.431 e. The van der Waals surface area contributed by atoms with Gasteiger partial charge in [-0.25, -0.2) is 9.97 Å². The van der Waals surface area contributed by atoms with Crippen molar-refractivity contribution in [1.82, 2.24) is 15.0 Å². The normalized spacial score (nSPS) is 21.5. The van der Waals surface area contributed by atoms with E-state index in [1.165, 1.54) is 30.2 Å². The maximum atomic E-state index is 13.4. The van der Waals surface area contributed by atoms with Gasteiger partial charge in [-0.2, -0.15) is 18.3 Å². The Bertz CT molecular complexity index is 1340. The largest absolute Gasteiger partial charge is 0.493 e. The Hall–Kier alpha value is -2.63. The van der Waals surface area contributed by atoms with Crippen molar-refractivity contribution in [1.29, 1.82) is 0 Å². The van der Waals surface area contributed by atoms with Gasteiger partial charge in [0.1, 0.15) is 29.8 Å². The minimum atomic E-state index is -4.44. The molecule has 3 heterocycles. The number of halogens is 5. The number of rotatable bonds is 6. The van der Waals surface area contributed by atoms with E-state index in [9.17, 15) is 13.2 Å². The quantitative estimate of drug-likeness (QED) is 0.377. The van der Waals surface area contributed by atoms with Crippen molar-refractivity contribution in [2.75, 3.05) is 26.1 Å². The molecule has 0 aliphatic carbocycles. The zero-order valence-corrected chi connectivity index (χ0v) is 21.3. The first-order valence-electron chi connectivity index (χ1n) is 10.9. The molecule has 3 unspecified atom stereocenters. The summed E-state index contributed by atoms with van der Waals surface area (Å²) in [4.78, 5) is 8.67. The van der Waals surface area contributed by atoms with Gasteiger partial charge in [-0.3, -0.25) is 5.01 Å². The molecular weight excluding hydrogens is 538 g/mol. The molecule has 5 rings (SSSR count). The van der Waals surface area contributed by atoms with Crippen molar-refractivity contribution < 1.29 is 22.6 Å². The van der Waals surface area contributed by atoms with E-state index in [0.29, 0.717) is 50.4 Å². The molecule has 0 bridgehead atoms. The summed E-state index contributed by atoms with van der Waals surface area (Å²) in [6.45, 7) is 0.220. The molecule has 0 saturated carbocycles. The Morgan fingerprint density at radius 1 is 1.14 bits per heavy atom. The molecule has 0 amide bonds. The van der Waals surface area contributed by atoms with Crippen LogP contribution in [0.3, 0.4) is 0 Å². The summed E-state index contributed by atoms with van der Waals surface area (Å²) in [5.74, 6) is 0.756. The van der Waals surface area contributed by atoms with Gasteiger partial charge >= 0.3 is 6.18 Å². The van der Waals surface area contributed by atoms with Crippen molar-refractivity contribution in [3.8, 4) is 11.5 Å². The summed E-state index contributed by atoms with van der Waals surface area (Å²) >= 11 is 13.6. The maximum absolute atomic E-state index is 13.4. The number of nitrogens with zero attached hydrogens (tertiary/aromatic N) is 4. The van der Waals surface area contributed by atoms with Gasteiger partial charge < -0.3 is 14.8 Å². The molecule has 1 fully saturated rings. The number of hydrogen-bond acceptors (Lipinski definition) is 8. The number of hydrazone groups is 1. The highest BCUT2D eigenvalue weighted by molar-refractivity contribution is 8.00. The van der Waals surface area contributed by atoms with E-state index in [4.69, 9.17) is 32.7 Å². The first kappa shape index (κ1) is 25.0. The molecule has 36 heavy (non-hydrogen) atoms. The third-order valence-corrected chi connectivity index (χ3v) is 8.36. The van der Waals surface area contributed by atoms with Gasteiger partial charge in [0.2, 0.25) is 0 Å². The number of fused-ring (bicyclic) bond motifs is 2. The topological polar surface area (TPSA) is 71.9 Å². The van der Waals surface area contributed by atoms with Crippen molar-refractivity contribution >= 4 is 63.1 Å². The number of anilines is 2. The Balaban J connectivity index is 1.34. The number of benzene rings is 2. The zero-order valence-electron chi connectivity index (χ0n) is 19.0. The van der Waals surface area contributed by atoms with Gasteiger partial charge in [0.25, 0.3) is 0 Å². The lowest BCUT2D eigenvalue weighted by atomic mass is 9.98. The average molecular weight is 558 g/mol. The summed E-state index contributed by atoms with van der Waals surface area (Å²) in [5.41, 5.74) is 0.580. The Kier molecular flexibility index (Phi) is 6.73. The summed E-state index contributed by atoms with van der Waals surface area (Å²) in [7, 11) is 3.09. The number of methoxy groups -OCH3 is 1. The van der Waals surface area contributed by atoms with Crippen LogP contribution < -0.4 is 14.8 Å². The molecule has 7 nitrogen and oxygen atoms in total. The highest BCUT2D eigenvalue weighted by Gasteiger charge is 2.53. The van der Waals surface area contributed by atoms with Crippen molar-refractivity contribution in [3.05, 3.63) is 46.7 Å². The van der Waals surface area contributed by atoms with Crippen molar-refractivity contribution in [3.63, 3.8) is 0 Å². The minimum Gasteiger partial charge on any atom is -0.493 e. The van der Waals surface area contributed by atoms with Crippen molar-refractivity contribution in [2.24, 2.45) is 11.0 Å². The fourth-order valence-electron chi connectivity index (χ4n) is 4.35. The van der Waals surface area contributed by atoms with Crippen LogP contribution in [0.1, 0.15) is 6.42 Å². The first-order valence-corrected chi connectivity index (χ1v) is 12.6. The van der Waals surface area contributed by atoms with E-state index in [1.807, 2.05) is 0 Å². The second-order valence-electron chi connectivity index (χ2n) is 8.35. The summed E-state index contributed by atoms with van der Waals surface area (Å²) < 4.78 is 51.6. The summed E-state index contributed by atoms with van der Waals surface area (Å²) in [6, 6.07) is 8.62. The van der Waals surface area contributed by atoms with Crippen LogP contribution in [0, 0.1) is 5.92 Å². The van der Waals surface area contributed by atoms with Crippen LogP contribution in [0.15, 0.2) is 41.8 Å². The van der Waals surface area contributed by atoms with Gasteiger partial charge in [-0.05, 0) is 30.7 Å². The first-order chi connectivity index (χ1) is 17.1. The van der Waals surface area contributed by atoms with E-state index in [-0.39, 0.29) is 17.2 Å². The number of alkyl halides is 3. The number of thioether (sulfide) groups is 1. The molecule has 1 aromatic heterocycles. The summed E-state index contributed by atoms with van der Waals surface area (Å²) in [6.07, 6.45) is -2.69. The molecule has 3 aromatic rings. The highest BCUT2D eigenvalue weighted by atomic mass is 35.5. The molecule has 2 aliphatic heterocycles. The SMILES string of the molecule is COc1cc2c(Nc3ccc(Cl)c(Cl)c3)ncnc2cc1OCC1CC2C(C(F)(F)F)=NN(C)C2S1. The molecule has 2 aliphatic rings. The fourth-order valence-corrected chi connectivity index (χ4v) is 6.16. The number of ether oxygens (including phenoxy) is 2. The Morgan fingerprint density at radius 3 is 2.67 bits per heavy atom. The molecule has 3 atom stereocenters. The predicted octanol–water partition coefficient (Wildman–Crippen LogP) is 6.38. The van der Waals surface area contributed by atoms with E-state index < -0.39 is 17.8 Å². The Labute approximate surface area is 219 Å². The van der Waals surface area contributed by atoms with Crippen LogP contribution >= 0.6 is 35.0 Å². The lowest BCUT2D eigenvalue weighted by molar-refractivity contribution is -0.0622. The molecular formula is C23H20Cl2F3N5O2S. The summed E-state index contributed by atoms with van der Waals surface area (Å²) in [5, 5.41) is 9.36.